The molecule has 1 saturated heterocycles. The van der Waals surface area contributed by atoms with Crippen molar-refractivity contribution in [2.24, 2.45) is 0 Å². The molecule has 1 N–H and O–H groups in total. The Morgan fingerprint density at radius 3 is 2.47 bits per heavy atom. The number of aryl methyl sites for hydroxylation is 1. The topological polar surface area (TPSA) is 77.1 Å². The number of rotatable bonds is 8. The number of methoxy groups -OCH3 is 2. The molecule has 3 aromatic rings. The summed E-state index contributed by atoms with van der Waals surface area (Å²) in [4.78, 5) is 27.6. The third-order valence-electron chi connectivity index (χ3n) is 5.38. The predicted octanol–water partition coefficient (Wildman–Crippen LogP) is 5.44. The molecule has 0 spiro atoms. The standard InChI is InChI=1S/C27H24N2O5S2/c1-17-8-4-6-10-20(17)29-26(31)24(36-27(29)35)15-18-12-13-22(23(14-18)33-3)34-16-25(30)28-19-9-5-7-11-21(19)32-2/h4-15H,16H2,1-3H3,(H,28,30)/b24-15+. The van der Waals surface area contributed by atoms with Gasteiger partial charge in [0.2, 0.25) is 0 Å². The summed E-state index contributed by atoms with van der Waals surface area (Å²) >= 11 is 6.73. The lowest BCUT2D eigenvalue weighted by Gasteiger charge is -2.16. The lowest BCUT2D eigenvalue weighted by Crippen LogP contribution is -2.28. The van der Waals surface area contributed by atoms with Crippen molar-refractivity contribution in [1.82, 2.24) is 0 Å². The minimum Gasteiger partial charge on any atom is -0.495 e. The average molecular weight is 521 g/mol. The van der Waals surface area contributed by atoms with Crippen LogP contribution in [0.5, 0.6) is 17.2 Å². The second-order valence-corrected chi connectivity index (χ2v) is 9.43. The molecule has 0 bridgehead atoms. The summed E-state index contributed by atoms with van der Waals surface area (Å²) in [6.07, 6.45) is 1.76. The number of thioether (sulfide) groups is 1. The van der Waals surface area contributed by atoms with E-state index in [-0.39, 0.29) is 18.4 Å². The Balaban J connectivity index is 1.46. The molecule has 1 aliphatic rings. The van der Waals surface area contributed by atoms with Gasteiger partial charge in [-0.2, -0.15) is 0 Å². The minimum absolute atomic E-state index is 0.174. The molecule has 0 aliphatic carbocycles. The Kier molecular flexibility index (Phi) is 7.92. The van der Waals surface area contributed by atoms with Gasteiger partial charge < -0.3 is 19.5 Å². The SMILES string of the molecule is COc1ccccc1NC(=O)COc1ccc(/C=C2/SC(=S)N(c3ccccc3C)C2=O)cc1OC. The van der Waals surface area contributed by atoms with E-state index in [0.29, 0.717) is 32.2 Å². The molecule has 4 rings (SSSR count). The Morgan fingerprint density at radius 2 is 1.72 bits per heavy atom. The third-order valence-corrected chi connectivity index (χ3v) is 6.68. The van der Waals surface area contributed by atoms with E-state index in [1.54, 1.807) is 47.4 Å². The summed E-state index contributed by atoms with van der Waals surface area (Å²) in [7, 11) is 3.05. The van der Waals surface area contributed by atoms with Gasteiger partial charge in [0.05, 0.1) is 30.5 Å². The molecule has 9 heteroatoms. The molecule has 0 unspecified atom stereocenters. The van der Waals surface area contributed by atoms with Gasteiger partial charge in [0.1, 0.15) is 5.75 Å². The number of thiocarbonyl (C=S) groups is 1. The van der Waals surface area contributed by atoms with Crippen molar-refractivity contribution in [2.75, 3.05) is 31.0 Å². The Hall–Kier alpha value is -3.82. The van der Waals surface area contributed by atoms with Crippen LogP contribution in [0.4, 0.5) is 11.4 Å². The summed E-state index contributed by atoms with van der Waals surface area (Å²) in [5.74, 6) is 0.873. The molecular weight excluding hydrogens is 496 g/mol. The predicted molar refractivity (Wildman–Crippen MR) is 147 cm³/mol. The van der Waals surface area contributed by atoms with Crippen LogP contribution in [0.15, 0.2) is 71.6 Å². The first kappa shape index (κ1) is 25.3. The number of amides is 2. The van der Waals surface area contributed by atoms with Gasteiger partial charge in [0.25, 0.3) is 11.8 Å². The van der Waals surface area contributed by atoms with Crippen molar-refractivity contribution < 1.29 is 23.8 Å². The van der Waals surface area contributed by atoms with Crippen LogP contribution in [0.3, 0.4) is 0 Å². The first-order valence-corrected chi connectivity index (χ1v) is 12.2. The molecule has 0 saturated carbocycles. The van der Waals surface area contributed by atoms with Crippen LogP contribution in [0.1, 0.15) is 11.1 Å². The molecule has 0 atom stereocenters. The highest BCUT2D eigenvalue weighted by Gasteiger charge is 2.34. The molecule has 1 aliphatic heterocycles. The Morgan fingerprint density at radius 1 is 1.00 bits per heavy atom. The largest absolute Gasteiger partial charge is 0.495 e. The lowest BCUT2D eigenvalue weighted by atomic mass is 10.1. The van der Waals surface area contributed by atoms with Crippen LogP contribution < -0.4 is 24.4 Å². The van der Waals surface area contributed by atoms with Gasteiger partial charge >= 0.3 is 0 Å². The lowest BCUT2D eigenvalue weighted by molar-refractivity contribution is -0.118. The fraction of sp³-hybridized carbons (Fsp3) is 0.148. The second-order valence-electron chi connectivity index (χ2n) is 7.75. The highest BCUT2D eigenvalue weighted by Crippen LogP contribution is 2.38. The number of ether oxygens (including phenoxy) is 3. The van der Waals surface area contributed by atoms with Gasteiger partial charge in [0, 0.05) is 0 Å². The van der Waals surface area contributed by atoms with Crippen LogP contribution >= 0.6 is 24.0 Å². The molecule has 0 aromatic heterocycles. The fourth-order valence-electron chi connectivity index (χ4n) is 3.61. The van der Waals surface area contributed by atoms with Crippen molar-refractivity contribution in [1.29, 1.82) is 0 Å². The highest BCUT2D eigenvalue weighted by molar-refractivity contribution is 8.27. The number of nitrogens with one attached hydrogen (secondary N) is 1. The number of nitrogens with zero attached hydrogens (tertiary/aromatic N) is 1. The maximum atomic E-state index is 13.1. The number of carbonyl (C=O) groups is 2. The number of para-hydroxylation sites is 3. The number of carbonyl (C=O) groups excluding carboxylic acids is 2. The van der Waals surface area contributed by atoms with Crippen molar-refractivity contribution >= 4 is 57.6 Å². The third kappa shape index (κ3) is 5.53. The summed E-state index contributed by atoms with van der Waals surface area (Å²) in [5.41, 5.74) is 3.03. The first-order valence-electron chi connectivity index (χ1n) is 11.0. The van der Waals surface area contributed by atoms with E-state index in [1.165, 1.54) is 26.0 Å². The summed E-state index contributed by atoms with van der Waals surface area (Å²) in [6.45, 7) is 1.72. The van der Waals surface area contributed by atoms with E-state index in [1.807, 2.05) is 37.3 Å². The highest BCUT2D eigenvalue weighted by atomic mass is 32.2. The zero-order valence-electron chi connectivity index (χ0n) is 19.9. The van der Waals surface area contributed by atoms with Crippen molar-refractivity contribution in [3.8, 4) is 17.2 Å². The number of anilines is 2. The zero-order valence-corrected chi connectivity index (χ0v) is 21.6. The smallest absolute Gasteiger partial charge is 0.270 e. The molecule has 1 heterocycles. The van der Waals surface area contributed by atoms with E-state index >= 15 is 0 Å². The van der Waals surface area contributed by atoms with Crippen LogP contribution in [-0.4, -0.2) is 37.0 Å². The average Bonchev–Trinajstić information content (AvgIpc) is 3.16. The van der Waals surface area contributed by atoms with Crippen molar-refractivity contribution in [3.05, 3.63) is 82.8 Å². The van der Waals surface area contributed by atoms with Gasteiger partial charge in [-0.05, 0) is 54.5 Å². The number of hydrogen-bond acceptors (Lipinski definition) is 7. The summed E-state index contributed by atoms with van der Waals surface area (Å²) < 4.78 is 16.9. The van der Waals surface area contributed by atoms with Crippen LogP contribution in [-0.2, 0) is 9.59 Å². The van der Waals surface area contributed by atoms with E-state index in [2.05, 4.69) is 5.32 Å². The molecule has 184 valence electrons. The maximum Gasteiger partial charge on any atom is 0.270 e. The number of benzene rings is 3. The van der Waals surface area contributed by atoms with Crippen LogP contribution in [0.25, 0.3) is 6.08 Å². The van der Waals surface area contributed by atoms with Crippen molar-refractivity contribution in [3.63, 3.8) is 0 Å². The molecule has 7 nitrogen and oxygen atoms in total. The van der Waals surface area contributed by atoms with Gasteiger partial charge in [-0.3, -0.25) is 14.5 Å². The second kappa shape index (κ2) is 11.3. The zero-order chi connectivity index (χ0) is 25.7. The van der Waals surface area contributed by atoms with Gasteiger partial charge in [-0.25, -0.2) is 0 Å². The molecular formula is C27H24N2O5S2. The fourth-order valence-corrected chi connectivity index (χ4v) is 4.90. The van der Waals surface area contributed by atoms with Crippen molar-refractivity contribution in [2.45, 2.75) is 6.92 Å². The molecule has 3 aromatic carbocycles. The van der Waals surface area contributed by atoms with E-state index in [0.717, 1.165) is 16.8 Å². The Bertz CT molecular complexity index is 1360. The maximum absolute atomic E-state index is 13.1. The molecule has 2 amide bonds. The number of hydrogen-bond donors (Lipinski definition) is 1. The van der Waals surface area contributed by atoms with E-state index in [4.69, 9.17) is 26.4 Å². The molecule has 36 heavy (non-hydrogen) atoms. The van der Waals surface area contributed by atoms with E-state index < -0.39 is 0 Å². The molecule has 0 radical (unpaired) electrons. The van der Waals surface area contributed by atoms with Gasteiger partial charge in [0.15, 0.2) is 22.4 Å². The minimum atomic E-state index is -0.342. The van der Waals surface area contributed by atoms with Crippen LogP contribution in [0.2, 0.25) is 0 Å². The normalized spacial score (nSPS) is 14.2. The van der Waals surface area contributed by atoms with Gasteiger partial charge in [-0.1, -0.05) is 60.4 Å². The summed E-state index contributed by atoms with van der Waals surface area (Å²) in [6, 6.07) is 20.0. The first-order chi connectivity index (χ1) is 17.4. The monoisotopic (exact) mass is 520 g/mol. The van der Waals surface area contributed by atoms with E-state index in [9.17, 15) is 9.59 Å². The molecule has 1 fully saturated rings. The summed E-state index contributed by atoms with van der Waals surface area (Å²) in [5, 5.41) is 2.76. The van der Waals surface area contributed by atoms with Gasteiger partial charge in [-0.15, -0.1) is 0 Å². The quantitative estimate of drug-likeness (QED) is 0.313. The Labute approximate surface area is 219 Å². The van der Waals surface area contributed by atoms with Crippen LogP contribution in [0, 0.1) is 6.92 Å².